The first-order chi connectivity index (χ1) is 10.6. The molecule has 1 unspecified atom stereocenters. The monoisotopic (exact) mass is 339 g/mol. The molecule has 0 radical (unpaired) electrons. The first-order valence-corrected chi connectivity index (χ1v) is 8.22. The Kier molecular flexibility index (Phi) is 6.24. The fraction of sp³-hybridized carbons (Fsp3) is 0.312. The van der Waals surface area contributed by atoms with E-state index in [-0.39, 0.29) is 5.91 Å². The fourth-order valence-corrected chi connectivity index (χ4v) is 3.39. The molecule has 0 aliphatic rings. The van der Waals surface area contributed by atoms with E-state index in [9.17, 15) is 4.79 Å². The van der Waals surface area contributed by atoms with Crippen molar-refractivity contribution in [1.82, 2.24) is 5.32 Å². The summed E-state index contributed by atoms with van der Waals surface area (Å²) in [7, 11) is 3.63. The van der Waals surface area contributed by atoms with Gasteiger partial charge in [-0.25, -0.2) is 0 Å². The molecule has 6 heteroatoms. The molecule has 0 bridgehead atoms. The molecule has 1 aromatic carbocycles. The Balaban J connectivity index is 1.80. The van der Waals surface area contributed by atoms with Crippen LogP contribution in [-0.4, -0.2) is 26.6 Å². The molecule has 22 heavy (non-hydrogen) atoms. The molecule has 2 rings (SSSR count). The van der Waals surface area contributed by atoms with E-state index in [1.807, 2.05) is 43.4 Å². The van der Waals surface area contributed by atoms with Crippen molar-refractivity contribution in [2.24, 2.45) is 0 Å². The summed E-state index contributed by atoms with van der Waals surface area (Å²) in [6, 6.07) is 11.6. The van der Waals surface area contributed by atoms with Crippen molar-refractivity contribution in [3.8, 4) is 5.75 Å². The van der Waals surface area contributed by atoms with Crippen molar-refractivity contribution in [2.75, 3.05) is 20.7 Å². The summed E-state index contributed by atoms with van der Waals surface area (Å²) < 4.78 is 6.05. The number of thiophene rings is 1. The van der Waals surface area contributed by atoms with Crippen molar-refractivity contribution in [3.05, 3.63) is 51.2 Å². The van der Waals surface area contributed by atoms with Gasteiger partial charge >= 0.3 is 0 Å². The van der Waals surface area contributed by atoms with Gasteiger partial charge in [0.2, 0.25) is 0 Å². The average molecular weight is 340 g/mol. The van der Waals surface area contributed by atoms with E-state index in [4.69, 9.17) is 16.3 Å². The molecule has 1 aromatic heterocycles. The van der Waals surface area contributed by atoms with E-state index in [2.05, 4.69) is 5.32 Å². The zero-order chi connectivity index (χ0) is 15.9. The molecule has 2 aromatic rings. The standard InChI is InChI=1S/C16H19ClN2O2S/c1-19(10-13-7-8-15(17)22-13)11-16(20)18-9-12-5-3-4-6-14(12)21-2/h3-8H,9-11H2,1-2H3,(H,18,20)/p+1. The molecule has 1 atom stereocenters. The van der Waals surface area contributed by atoms with Gasteiger partial charge in [-0.3, -0.25) is 4.79 Å². The van der Waals surface area contributed by atoms with Crippen LogP contribution in [0.5, 0.6) is 5.75 Å². The number of carbonyl (C=O) groups excluding carboxylic acids is 1. The van der Waals surface area contributed by atoms with Gasteiger partial charge < -0.3 is 15.0 Å². The van der Waals surface area contributed by atoms with Gasteiger partial charge in [-0.2, -0.15) is 0 Å². The summed E-state index contributed by atoms with van der Waals surface area (Å²) in [5.41, 5.74) is 0.973. The van der Waals surface area contributed by atoms with Gasteiger partial charge in [-0.15, -0.1) is 11.3 Å². The minimum absolute atomic E-state index is 0.0195. The topological polar surface area (TPSA) is 42.8 Å². The van der Waals surface area contributed by atoms with Crippen LogP contribution >= 0.6 is 22.9 Å². The van der Waals surface area contributed by atoms with E-state index in [0.717, 1.165) is 27.1 Å². The lowest BCUT2D eigenvalue weighted by molar-refractivity contribution is -0.885. The second-order valence-corrected chi connectivity index (χ2v) is 6.90. The van der Waals surface area contributed by atoms with Gasteiger partial charge in [0.1, 0.15) is 12.3 Å². The molecular formula is C16H20ClN2O2S+. The average Bonchev–Trinajstić information content (AvgIpc) is 2.90. The third-order valence-electron chi connectivity index (χ3n) is 3.24. The lowest BCUT2D eigenvalue weighted by Gasteiger charge is -2.13. The molecule has 0 aliphatic heterocycles. The SMILES string of the molecule is COc1ccccc1CNC(=O)C[NH+](C)Cc1ccc(Cl)s1. The number of rotatable bonds is 7. The molecule has 0 spiro atoms. The quantitative estimate of drug-likeness (QED) is 0.807. The minimum atomic E-state index is 0.0195. The van der Waals surface area contributed by atoms with Crippen molar-refractivity contribution in [1.29, 1.82) is 0 Å². The van der Waals surface area contributed by atoms with Crippen LogP contribution in [0, 0.1) is 0 Å². The largest absolute Gasteiger partial charge is 0.496 e. The number of hydrogen-bond donors (Lipinski definition) is 2. The number of para-hydroxylation sites is 1. The summed E-state index contributed by atoms with van der Waals surface area (Å²) in [5, 5.41) is 2.93. The van der Waals surface area contributed by atoms with E-state index in [0.29, 0.717) is 13.1 Å². The second kappa shape index (κ2) is 8.17. The number of quaternary nitrogens is 1. The first kappa shape index (κ1) is 16.8. The van der Waals surface area contributed by atoms with Crippen LogP contribution in [0.4, 0.5) is 0 Å². The highest BCUT2D eigenvalue weighted by molar-refractivity contribution is 7.16. The van der Waals surface area contributed by atoms with Crippen molar-refractivity contribution in [3.63, 3.8) is 0 Å². The van der Waals surface area contributed by atoms with E-state index < -0.39 is 0 Å². The third-order valence-corrected chi connectivity index (χ3v) is 4.47. The lowest BCUT2D eigenvalue weighted by Crippen LogP contribution is -3.08. The van der Waals surface area contributed by atoms with Gasteiger partial charge in [-0.05, 0) is 18.2 Å². The van der Waals surface area contributed by atoms with Gasteiger partial charge in [0.25, 0.3) is 5.91 Å². The number of likely N-dealkylation sites (N-methyl/N-ethyl adjacent to an activating group) is 1. The van der Waals surface area contributed by atoms with Gasteiger partial charge in [-0.1, -0.05) is 29.8 Å². The number of halogens is 1. The zero-order valence-corrected chi connectivity index (χ0v) is 14.3. The Hall–Kier alpha value is -1.56. The third kappa shape index (κ3) is 5.02. The van der Waals surface area contributed by atoms with Gasteiger partial charge in [0, 0.05) is 12.1 Å². The second-order valence-electron chi connectivity index (χ2n) is 5.11. The molecule has 0 fully saturated rings. The highest BCUT2D eigenvalue weighted by atomic mass is 35.5. The number of hydrogen-bond acceptors (Lipinski definition) is 3. The van der Waals surface area contributed by atoms with Crippen LogP contribution in [0.3, 0.4) is 0 Å². The molecule has 1 heterocycles. The maximum Gasteiger partial charge on any atom is 0.275 e. The smallest absolute Gasteiger partial charge is 0.275 e. The summed E-state index contributed by atoms with van der Waals surface area (Å²) in [4.78, 5) is 14.3. The molecule has 2 N–H and O–H groups in total. The summed E-state index contributed by atoms with van der Waals surface area (Å²) in [5.74, 6) is 0.808. The van der Waals surface area contributed by atoms with Crippen molar-refractivity contribution in [2.45, 2.75) is 13.1 Å². The summed E-state index contributed by atoms with van der Waals surface area (Å²) in [6.07, 6.45) is 0. The Morgan fingerprint density at radius 3 is 2.77 bits per heavy atom. The molecule has 0 saturated heterocycles. The van der Waals surface area contributed by atoms with Gasteiger partial charge in [0.05, 0.1) is 23.4 Å². The Labute approximate surface area is 139 Å². The van der Waals surface area contributed by atoms with Crippen LogP contribution in [0.1, 0.15) is 10.4 Å². The van der Waals surface area contributed by atoms with Crippen LogP contribution in [0.15, 0.2) is 36.4 Å². The lowest BCUT2D eigenvalue weighted by atomic mass is 10.2. The van der Waals surface area contributed by atoms with Crippen LogP contribution in [-0.2, 0) is 17.9 Å². The Bertz CT molecular complexity index is 630. The predicted octanol–water partition coefficient (Wildman–Crippen LogP) is 1.74. The van der Waals surface area contributed by atoms with E-state index >= 15 is 0 Å². The minimum Gasteiger partial charge on any atom is -0.496 e. The fourth-order valence-electron chi connectivity index (χ4n) is 2.19. The first-order valence-electron chi connectivity index (χ1n) is 7.02. The highest BCUT2D eigenvalue weighted by Gasteiger charge is 2.12. The number of ether oxygens (including phenoxy) is 1. The maximum atomic E-state index is 12.0. The molecule has 4 nitrogen and oxygen atoms in total. The number of methoxy groups -OCH3 is 1. The zero-order valence-electron chi connectivity index (χ0n) is 12.7. The summed E-state index contributed by atoms with van der Waals surface area (Å²) in [6.45, 7) is 1.69. The number of benzene rings is 1. The molecule has 118 valence electrons. The van der Waals surface area contributed by atoms with Gasteiger partial charge in [0.15, 0.2) is 6.54 Å². The molecule has 0 saturated carbocycles. The number of carbonyl (C=O) groups is 1. The van der Waals surface area contributed by atoms with E-state index in [1.54, 1.807) is 18.4 Å². The maximum absolute atomic E-state index is 12.0. The highest BCUT2D eigenvalue weighted by Crippen LogP contribution is 2.20. The Morgan fingerprint density at radius 1 is 1.32 bits per heavy atom. The normalized spacial score (nSPS) is 12.0. The van der Waals surface area contributed by atoms with Crippen LogP contribution in [0.2, 0.25) is 4.34 Å². The van der Waals surface area contributed by atoms with Crippen molar-refractivity contribution >= 4 is 28.8 Å². The molecule has 1 amide bonds. The van der Waals surface area contributed by atoms with Crippen LogP contribution < -0.4 is 15.0 Å². The molecular weight excluding hydrogens is 320 g/mol. The molecule has 0 aliphatic carbocycles. The predicted molar refractivity (Wildman–Crippen MR) is 89.6 cm³/mol. The number of nitrogens with one attached hydrogen (secondary N) is 2. The van der Waals surface area contributed by atoms with E-state index in [1.165, 1.54) is 4.88 Å². The Morgan fingerprint density at radius 2 is 2.09 bits per heavy atom. The number of amides is 1. The van der Waals surface area contributed by atoms with Crippen LogP contribution in [0.25, 0.3) is 0 Å². The van der Waals surface area contributed by atoms with Crippen molar-refractivity contribution < 1.29 is 14.4 Å². The summed E-state index contributed by atoms with van der Waals surface area (Å²) >= 11 is 7.47.